The Hall–Kier alpha value is -1.92. The van der Waals surface area contributed by atoms with Gasteiger partial charge in [0.15, 0.2) is 0 Å². The first-order valence-corrected chi connectivity index (χ1v) is 6.77. The van der Waals surface area contributed by atoms with E-state index in [1.165, 1.54) is 12.1 Å². The maximum Gasteiger partial charge on any atom is 0.269 e. The molecule has 0 fully saturated rings. The van der Waals surface area contributed by atoms with Crippen molar-refractivity contribution in [1.29, 1.82) is 0 Å². The fourth-order valence-corrected chi connectivity index (χ4v) is 2.08. The average Bonchev–Trinajstić information content (AvgIpc) is 2.46. The number of carbonyl (C=O) groups is 1. The summed E-state index contributed by atoms with van der Waals surface area (Å²) in [6, 6.07) is 6.33. The summed E-state index contributed by atoms with van der Waals surface area (Å²) in [7, 11) is 1.79. The number of nitro groups is 1. The number of hydrogen-bond acceptors (Lipinski definition) is 4. The molecule has 6 nitrogen and oxygen atoms in total. The van der Waals surface area contributed by atoms with Crippen molar-refractivity contribution in [1.82, 2.24) is 10.2 Å². The summed E-state index contributed by atoms with van der Waals surface area (Å²) in [5, 5.41) is 13.8. The van der Waals surface area contributed by atoms with Crippen LogP contribution in [0.1, 0.15) is 12.5 Å². The highest BCUT2D eigenvalue weighted by Crippen LogP contribution is 2.16. The van der Waals surface area contributed by atoms with Crippen LogP contribution in [0.5, 0.6) is 0 Å². The summed E-state index contributed by atoms with van der Waals surface area (Å²) >= 11 is 0. The topological polar surface area (TPSA) is 75.5 Å². The minimum atomic E-state index is -0.438. The molecule has 1 unspecified atom stereocenters. The molecule has 0 radical (unpaired) electrons. The van der Waals surface area contributed by atoms with E-state index < -0.39 is 4.92 Å². The number of halogens is 1. The number of non-ortho nitro benzene ring substituents is 1. The predicted octanol–water partition coefficient (Wildman–Crippen LogP) is 2.39. The Labute approximate surface area is 136 Å². The van der Waals surface area contributed by atoms with Crippen molar-refractivity contribution in [3.05, 3.63) is 52.6 Å². The van der Waals surface area contributed by atoms with E-state index in [4.69, 9.17) is 0 Å². The normalized spacial score (nSPS) is 11.2. The quantitative estimate of drug-likeness (QED) is 0.452. The first-order valence-electron chi connectivity index (χ1n) is 6.77. The molecule has 122 valence electrons. The molecule has 0 aromatic heterocycles. The highest BCUT2D eigenvalue weighted by Gasteiger charge is 2.19. The minimum Gasteiger partial charge on any atom is -0.334 e. The molecule has 1 rings (SSSR count). The van der Waals surface area contributed by atoms with Crippen molar-refractivity contribution in [3.63, 3.8) is 0 Å². The van der Waals surface area contributed by atoms with Gasteiger partial charge in [-0.15, -0.1) is 19.0 Å². The minimum absolute atomic E-state index is 0. The number of nitro benzene ring substituents is 1. The fourth-order valence-electron chi connectivity index (χ4n) is 2.08. The summed E-state index contributed by atoms with van der Waals surface area (Å²) in [4.78, 5) is 24.4. The van der Waals surface area contributed by atoms with Crippen LogP contribution >= 0.6 is 12.4 Å². The van der Waals surface area contributed by atoms with Gasteiger partial charge in [-0.1, -0.05) is 25.1 Å². The van der Waals surface area contributed by atoms with E-state index in [1.807, 2.05) is 6.92 Å². The van der Waals surface area contributed by atoms with Gasteiger partial charge in [0.25, 0.3) is 5.69 Å². The maximum atomic E-state index is 12.4. The van der Waals surface area contributed by atoms with Gasteiger partial charge in [0.1, 0.15) is 0 Å². The van der Waals surface area contributed by atoms with Gasteiger partial charge in [-0.2, -0.15) is 0 Å². The van der Waals surface area contributed by atoms with E-state index in [-0.39, 0.29) is 29.9 Å². The molecular weight excluding hydrogens is 306 g/mol. The summed E-state index contributed by atoms with van der Waals surface area (Å²) in [6.07, 6.45) is 1.65. The van der Waals surface area contributed by atoms with Gasteiger partial charge in [0.05, 0.1) is 4.92 Å². The second-order valence-electron chi connectivity index (χ2n) is 4.89. The SMILES string of the molecule is C=CCN(Cc1cccc([N+](=O)[O-])c1)C(=O)C(C)CNC.Cl. The monoisotopic (exact) mass is 327 g/mol. The molecule has 0 bridgehead atoms. The molecule has 0 aliphatic heterocycles. The Morgan fingerprint density at radius 3 is 2.77 bits per heavy atom. The number of nitrogens with one attached hydrogen (secondary N) is 1. The molecule has 1 aromatic rings. The van der Waals surface area contributed by atoms with Gasteiger partial charge >= 0.3 is 0 Å². The van der Waals surface area contributed by atoms with E-state index in [0.717, 1.165) is 5.56 Å². The molecule has 7 heteroatoms. The van der Waals surface area contributed by atoms with Crippen molar-refractivity contribution < 1.29 is 9.72 Å². The lowest BCUT2D eigenvalue weighted by Crippen LogP contribution is -2.38. The molecule has 0 saturated heterocycles. The van der Waals surface area contributed by atoms with Crippen LogP contribution in [-0.2, 0) is 11.3 Å². The van der Waals surface area contributed by atoms with Gasteiger partial charge in [0.2, 0.25) is 5.91 Å². The summed E-state index contributed by atoms with van der Waals surface area (Å²) < 4.78 is 0. The fraction of sp³-hybridized carbons (Fsp3) is 0.400. The zero-order valence-corrected chi connectivity index (χ0v) is 13.6. The van der Waals surface area contributed by atoms with Crippen molar-refractivity contribution in [3.8, 4) is 0 Å². The van der Waals surface area contributed by atoms with Crippen LogP contribution in [0.3, 0.4) is 0 Å². The van der Waals surface area contributed by atoms with Crippen LogP contribution in [0.4, 0.5) is 5.69 Å². The van der Waals surface area contributed by atoms with Crippen molar-refractivity contribution in [2.45, 2.75) is 13.5 Å². The molecule has 1 aromatic carbocycles. The molecule has 22 heavy (non-hydrogen) atoms. The van der Waals surface area contributed by atoms with Crippen LogP contribution < -0.4 is 5.32 Å². The van der Waals surface area contributed by atoms with E-state index in [9.17, 15) is 14.9 Å². The number of hydrogen-bond donors (Lipinski definition) is 1. The van der Waals surface area contributed by atoms with Crippen LogP contribution in [-0.4, -0.2) is 35.9 Å². The largest absolute Gasteiger partial charge is 0.334 e. The predicted molar refractivity (Wildman–Crippen MR) is 89.0 cm³/mol. The van der Waals surface area contributed by atoms with Crippen molar-refractivity contribution >= 4 is 24.0 Å². The Morgan fingerprint density at radius 1 is 1.55 bits per heavy atom. The summed E-state index contributed by atoms with van der Waals surface area (Å²) in [6.45, 7) is 6.84. The lowest BCUT2D eigenvalue weighted by Gasteiger charge is -2.24. The van der Waals surface area contributed by atoms with Crippen LogP contribution in [0.15, 0.2) is 36.9 Å². The second kappa shape index (κ2) is 9.92. The lowest BCUT2D eigenvalue weighted by molar-refractivity contribution is -0.384. The highest BCUT2D eigenvalue weighted by molar-refractivity contribution is 5.85. The van der Waals surface area contributed by atoms with E-state index >= 15 is 0 Å². The van der Waals surface area contributed by atoms with Crippen LogP contribution in [0.2, 0.25) is 0 Å². The van der Waals surface area contributed by atoms with Crippen LogP contribution in [0, 0.1) is 16.0 Å². The zero-order valence-electron chi connectivity index (χ0n) is 12.8. The third kappa shape index (κ3) is 5.83. The maximum absolute atomic E-state index is 12.4. The van der Waals surface area contributed by atoms with Gasteiger partial charge in [0, 0.05) is 37.7 Å². The van der Waals surface area contributed by atoms with E-state index in [2.05, 4.69) is 11.9 Å². The molecular formula is C15H22ClN3O3. The van der Waals surface area contributed by atoms with Gasteiger partial charge in [-0.05, 0) is 12.6 Å². The molecule has 1 N–H and O–H groups in total. The second-order valence-corrected chi connectivity index (χ2v) is 4.89. The smallest absolute Gasteiger partial charge is 0.269 e. The molecule has 0 aliphatic carbocycles. The van der Waals surface area contributed by atoms with Crippen molar-refractivity contribution in [2.24, 2.45) is 5.92 Å². The molecule has 1 amide bonds. The lowest BCUT2D eigenvalue weighted by atomic mass is 10.1. The number of nitrogens with zero attached hydrogens (tertiary/aromatic N) is 2. The number of carbonyl (C=O) groups excluding carboxylic acids is 1. The first-order chi connectivity index (χ1) is 9.99. The Bertz CT molecular complexity index is 523. The molecule has 0 heterocycles. The summed E-state index contributed by atoms with van der Waals surface area (Å²) in [5.74, 6) is -0.163. The van der Waals surface area contributed by atoms with Crippen molar-refractivity contribution in [2.75, 3.05) is 20.1 Å². The van der Waals surface area contributed by atoms with E-state index in [0.29, 0.717) is 19.6 Å². The number of rotatable bonds is 8. The Balaban J connectivity index is 0.00000441. The third-order valence-corrected chi connectivity index (χ3v) is 3.09. The molecule has 1 atom stereocenters. The summed E-state index contributed by atoms with van der Waals surface area (Å²) in [5.41, 5.74) is 0.762. The van der Waals surface area contributed by atoms with Gasteiger partial charge in [-0.25, -0.2) is 0 Å². The molecule has 0 saturated carbocycles. The molecule has 0 spiro atoms. The van der Waals surface area contributed by atoms with Gasteiger partial charge < -0.3 is 10.2 Å². The Morgan fingerprint density at radius 2 is 2.23 bits per heavy atom. The highest BCUT2D eigenvalue weighted by atomic mass is 35.5. The average molecular weight is 328 g/mol. The Kier molecular flexibility index (Phi) is 9.05. The zero-order chi connectivity index (χ0) is 15.8. The standard InChI is InChI=1S/C15H21N3O3.ClH/c1-4-8-17(15(19)12(2)10-16-3)11-13-6-5-7-14(9-13)18(20)21;/h4-7,9,12,16H,1,8,10-11H2,2-3H3;1H. The number of amides is 1. The number of benzene rings is 1. The van der Waals surface area contributed by atoms with E-state index in [1.54, 1.807) is 30.2 Å². The molecule has 0 aliphatic rings. The third-order valence-electron chi connectivity index (χ3n) is 3.09. The van der Waals surface area contributed by atoms with Gasteiger partial charge in [-0.3, -0.25) is 14.9 Å². The first kappa shape index (κ1) is 20.1. The van der Waals surface area contributed by atoms with Crippen LogP contribution in [0.25, 0.3) is 0 Å².